The zero-order chi connectivity index (χ0) is 15.5. The third kappa shape index (κ3) is 3.48. The van der Waals surface area contributed by atoms with Crippen molar-refractivity contribution in [1.82, 2.24) is 9.88 Å². The molecule has 2 aliphatic rings. The Labute approximate surface area is 141 Å². The van der Waals surface area contributed by atoms with E-state index in [0.29, 0.717) is 12.6 Å². The second-order valence-corrected chi connectivity index (χ2v) is 7.06. The van der Waals surface area contributed by atoms with Crippen molar-refractivity contribution in [2.75, 3.05) is 13.2 Å². The highest BCUT2D eigenvalue weighted by molar-refractivity contribution is 7.07. The van der Waals surface area contributed by atoms with Gasteiger partial charge in [0.2, 0.25) is 0 Å². The second-order valence-electron chi connectivity index (χ2n) is 6.28. The van der Waals surface area contributed by atoms with Gasteiger partial charge in [-0.1, -0.05) is 6.07 Å². The molecule has 0 amide bonds. The van der Waals surface area contributed by atoms with Crippen LogP contribution in [0.5, 0.6) is 0 Å². The normalized spacial score (nSPS) is 27.9. The Morgan fingerprint density at radius 1 is 1.35 bits per heavy atom. The molecule has 2 saturated heterocycles. The van der Waals surface area contributed by atoms with Crippen molar-refractivity contribution in [1.29, 1.82) is 0 Å². The molecule has 23 heavy (non-hydrogen) atoms. The van der Waals surface area contributed by atoms with Gasteiger partial charge in [0.25, 0.3) is 0 Å². The third-order valence-corrected chi connectivity index (χ3v) is 5.45. The number of aromatic nitrogens is 1. The fraction of sp³-hybridized carbons (Fsp3) is 0.500. The highest BCUT2D eigenvalue weighted by Crippen LogP contribution is 2.32. The average molecular weight is 330 g/mol. The summed E-state index contributed by atoms with van der Waals surface area (Å²) in [5.41, 5.74) is 2.38. The Hall–Kier alpha value is -1.27. The van der Waals surface area contributed by atoms with E-state index in [1.54, 1.807) is 11.3 Å². The van der Waals surface area contributed by atoms with Gasteiger partial charge in [0.05, 0.1) is 18.4 Å². The van der Waals surface area contributed by atoms with E-state index in [1.165, 1.54) is 12.0 Å². The summed E-state index contributed by atoms with van der Waals surface area (Å²) in [6.07, 6.45) is 4.51. The Morgan fingerprint density at radius 2 is 2.35 bits per heavy atom. The average Bonchev–Trinajstić information content (AvgIpc) is 3.23. The van der Waals surface area contributed by atoms with Crippen molar-refractivity contribution in [3.63, 3.8) is 0 Å². The summed E-state index contributed by atoms with van der Waals surface area (Å²) in [4.78, 5) is 6.88. The molecule has 0 N–H and O–H groups in total. The molecule has 2 fully saturated rings. The summed E-state index contributed by atoms with van der Waals surface area (Å²) >= 11 is 1.76. The van der Waals surface area contributed by atoms with Crippen molar-refractivity contribution in [3.8, 4) is 0 Å². The topological polar surface area (TPSA) is 34.6 Å². The number of fused-ring (bicyclic) bond motifs is 1. The highest BCUT2D eigenvalue weighted by Gasteiger charge is 2.44. The number of pyridine rings is 1. The van der Waals surface area contributed by atoms with E-state index in [9.17, 15) is 0 Å². The van der Waals surface area contributed by atoms with Crippen molar-refractivity contribution in [2.24, 2.45) is 0 Å². The smallest absolute Gasteiger partial charge is 0.100 e. The summed E-state index contributed by atoms with van der Waals surface area (Å²) < 4.78 is 12.2. The van der Waals surface area contributed by atoms with Gasteiger partial charge in [0, 0.05) is 31.9 Å². The zero-order valence-electron chi connectivity index (χ0n) is 13.1. The zero-order valence-corrected chi connectivity index (χ0v) is 14.0. The molecule has 0 aliphatic carbocycles. The van der Waals surface area contributed by atoms with Crippen LogP contribution in [-0.2, 0) is 22.6 Å². The first kappa shape index (κ1) is 15.3. The minimum atomic E-state index is 0.140. The maximum Gasteiger partial charge on any atom is 0.100 e. The summed E-state index contributed by atoms with van der Waals surface area (Å²) in [7, 11) is 0. The molecule has 2 aromatic rings. The summed E-state index contributed by atoms with van der Waals surface area (Å²) in [5, 5.41) is 4.38. The third-order valence-electron chi connectivity index (χ3n) is 4.72. The van der Waals surface area contributed by atoms with Gasteiger partial charge in [-0.25, -0.2) is 0 Å². The van der Waals surface area contributed by atoms with Gasteiger partial charge >= 0.3 is 0 Å². The van der Waals surface area contributed by atoms with Crippen LogP contribution in [0, 0.1) is 0 Å². The summed E-state index contributed by atoms with van der Waals surface area (Å²) in [5.74, 6) is 0. The standard InChI is InChI=1S/C18H22N2O2S/c1-2-7-19-15(4-1)12-22-17-11-20(10-14-6-9-23-13-14)16-5-3-8-21-18(16)17/h1-2,4,6-7,9,13,16-18H,3,5,8,10-12H2/t16-,17+,18+/m1/s1. The molecule has 0 aromatic carbocycles. The van der Waals surface area contributed by atoms with E-state index in [1.807, 2.05) is 24.4 Å². The van der Waals surface area contributed by atoms with E-state index in [-0.39, 0.29) is 12.2 Å². The molecule has 2 aromatic heterocycles. The van der Waals surface area contributed by atoms with Crippen LogP contribution < -0.4 is 0 Å². The van der Waals surface area contributed by atoms with Crippen molar-refractivity contribution >= 4 is 11.3 Å². The van der Waals surface area contributed by atoms with E-state index < -0.39 is 0 Å². The lowest BCUT2D eigenvalue weighted by molar-refractivity contribution is -0.0824. The fourth-order valence-corrected chi connectivity index (χ4v) is 4.29. The Bertz CT molecular complexity index is 605. The van der Waals surface area contributed by atoms with Gasteiger partial charge in [-0.3, -0.25) is 9.88 Å². The number of ether oxygens (including phenoxy) is 2. The van der Waals surface area contributed by atoms with Gasteiger partial charge in [-0.15, -0.1) is 0 Å². The molecule has 0 bridgehead atoms. The highest BCUT2D eigenvalue weighted by atomic mass is 32.1. The number of thiophene rings is 1. The first-order chi connectivity index (χ1) is 11.4. The molecule has 0 spiro atoms. The number of rotatable bonds is 5. The SMILES string of the molecule is c1ccc(CO[C@H]2CN(Cc3ccsc3)[C@@H]3CCCO[C@H]23)nc1. The monoisotopic (exact) mass is 330 g/mol. The predicted molar refractivity (Wildman–Crippen MR) is 90.3 cm³/mol. The van der Waals surface area contributed by atoms with E-state index >= 15 is 0 Å². The molecule has 3 atom stereocenters. The molecule has 4 nitrogen and oxygen atoms in total. The van der Waals surface area contributed by atoms with Gasteiger partial charge in [-0.05, 0) is 47.4 Å². The van der Waals surface area contributed by atoms with Gasteiger partial charge in [-0.2, -0.15) is 11.3 Å². The first-order valence-electron chi connectivity index (χ1n) is 8.28. The molecule has 4 rings (SSSR count). The van der Waals surface area contributed by atoms with Crippen LogP contribution in [-0.4, -0.2) is 41.3 Å². The number of likely N-dealkylation sites (tertiary alicyclic amines) is 1. The van der Waals surface area contributed by atoms with Crippen molar-refractivity contribution in [2.45, 2.75) is 44.2 Å². The Kier molecular flexibility index (Phi) is 4.71. The van der Waals surface area contributed by atoms with E-state index in [4.69, 9.17) is 9.47 Å². The van der Waals surface area contributed by atoms with Crippen LogP contribution >= 0.6 is 11.3 Å². The molecular weight excluding hydrogens is 308 g/mol. The first-order valence-corrected chi connectivity index (χ1v) is 9.23. The molecule has 2 aliphatic heterocycles. The molecule has 0 unspecified atom stereocenters. The molecule has 0 radical (unpaired) electrons. The van der Waals surface area contributed by atoms with Crippen molar-refractivity contribution < 1.29 is 9.47 Å². The summed E-state index contributed by atoms with van der Waals surface area (Å²) in [6, 6.07) is 8.64. The Morgan fingerprint density at radius 3 is 3.17 bits per heavy atom. The molecular formula is C18H22N2O2S. The van der Waals surface area contributed by atoms with Crippen LogP contribution in [0.4, 0.5) is 0 Å². The van der Waals surface area contributed by atoms with E-state index in [0.717, 1.165) is 31.8 Å². The van der Waals surface area contributed by atoms with Gasteiger partial charge in [0.15, 0.2) is 0 Å². The predicted octanol–water partition coefficient (Wildman–Crippen LogP) is 3.09. The van der Waals surface area contributed by atoms with Crippen LogP contribution in [0.2, 0.25) is 0 Å². The maximum absolute atomic E-state index is 6.18. The lowest BCUT2D eigenvalue weighted by Gasteiger charge is -2.32. The molecule has 5 heteroatoms. The summed E-state index contributed by atoms with van der Waals surface area (Å²) in [6.45, 7) is 3.36. The number of hydrogen-bond acceptors (Lipinski definition) is 5. The van der Waals surface area contributed by atoms with Crippen LogP contribution in [0.25, 0.3) is 0 Å². The quantitative estimate of drug-likeness (QED) is 0.844. The largest absolute Gasteiger partial charge is 0.374 e. The van der Waals surface area contributed by atoms with E-state index in [2.05, 4.69) is 26.7 Å². The second kappa shape index (κ2) is 7.09. The lowest BCUT2D eigenvalue weighted by atomic mass is 10.0. The van der Waals surface area contributed by atoms with Gasteiger partial charge in [0.1, 0.15) is 6.10 Å². The molecule has 4 heterocycles. The lowest BCUT2D eigenvalue weighted by Crippen LogP contribution is -2.41. The van der Waals surface area contributed by atoms with Crippen LogP contribution in [0.1, 0.15) is 24.1 Å². The fourth-order valence-electron chi connectivity index (χ4n) is 3.63. The number of nitrogens with zero attached hydrogens (tertiary/aromatic N) is 2. The molecule has 122 valence electrons. The van der Waals surface area contributed by atoms with Crippen LogP contribution in [0.3, 0.4) is 0 Å². The van der Waals surface area contributed by atoms with Crippen molar-refractivity contribution in [3.05, 3.63) is 52.5 Å². The van der Waals surface area contributed by atoms with Crippen LogP contribution in [0.15, 0.2) is 41.2 Å². The Balaban J connectivity index is 1.42. The minimum absolute atomic E-state index is 0.140. The van der Waals surface area contributed by atoms with Gasteiger partial charge < -0.3 is 9.47 Å². The maximum atomic E-state index is 6.18. The molecule has 0 saturated carbocycles. The number of hydrogen-bond donors (Lipinski definition) is 0. The minimum Gasteiger partial charge on any atom is -0.374 e.